The Morgan fingerprint density at radius 1 is 0.774 bits per heavy atom. The summed E-state index contributed by atoms with van der Waals surface area (Å²) in [6, 6.07) is 16.3. The van der Waals surface area contributed by atoms with Crippen LogP contribution in [0.4, 0.5) is 4.79 Å². The number of hydrogen-bond donors (Lipinski definition) is 4. The molecule has 4 bridgehead atoms. The molecule has 7 unspecified atom stereocenters. The highest BCUT2D eigenvalue weighted by Gasteiger charge is 2.53. The number of likely N-dealkylation sites (tertiary alicyclic amines) is 2. The van der Waals surface area contributed by atoms with E-state index in [2.05, 4.69) is 63.8 Å². The number of nitrogens with two attached hydrogens (primary N) is 1. The average molecular weight is 719 g/mol. The summed E-state index contributed by atoms with van der Waals surface area (Å²) >= 11 is 0. The van der Waals surface area contributed by atoms with Crippen molar-refractivity contribution in [1.29, 1.82) is 0 Å². The topological polar surface area (TPSA) is 162 Å². The van der Waals surface area contributed by atoms with Gasteiger partial charge in [-0.1, -0.05) is 62.4 Å². The van der Waals surface area contributed by atoms with Crippen molar-refractivity contribution in [3.8, 4) is 33.6 Å². The summed E-state index contributed by atoms with van der Waals surface area (Å²) in [7, 11) is 1.31. The molecule has 4 aromatic rings. The van der Waals surface area contributed by atoms with Gasteiger partial charge in [-0.15, -0.1) is 0 Å². The van der Waals surface area contributed by atoms with Crippen LogP contribution in [0.25, 0.3) is 33.6 Å². The molecule has 5 N–H and O–H groups in total. The number of benzene rings is 2. The largest absolute Gasteiger partial charge is 0.453 e. The zero-order chi connectivity index (χ0) is 37.2. The van der Waals surface area contributed by atoms with Crippen molar-refractivity contribution in [3.05, 3.63) is 72.6 Å². The fourth-order valence-electron chi connectivity index (χ4n) is 9.43. The van der Waals surface area contributed by atoms with Gasteiger partial charge in [-0.05, 0) is 92.4 Å². The molecule has 2 aliphatic carbocycles. The van der Waals surface area contributed by atoms with Gasteiger partial charge in [0.15, 0.2) is 0 Å². The molecule has 0 spiro atoms. The van der Waals surface area contributed by atoms with E-state index in [4.69, 9.17) is 20.4 Å². The van der Waals surface area contributed by atoms with Crippen molar-refractivity contribution in [3.63, 3.8) is 0 Å². The first kappa shape index (κ1) is 35.1. The molecule has 0 radical (unpaired) electrons. The zero-order valence-electron chi connectivity index (χ0n) is 31.1. The second-order valence-corrected chi connectivity index (χ2v) is 16.4. The minimum Gasteiger partial charge on any atom is -0.453 e. The number of aromatic amines is 2. The van der Waals surface area contributed by atoms with Crippen LogP contribution in [0.2, 0.25) is 0 Å². The standard InChI is InChI=1S/C41H50N8O4/c1-22(2)33(47-40(52)53-5)38(50)48-29-16-14-27(18-29)34(48)36-43-20-31(45-36)25-10-6-23(7-11-25)24-8-12-26(13-9-24)32-21-44-37(46-32)35-28-15-17-30(19-28)49(35)39(51)41(3,4)42/h6-13,20-22,27-30,33-35H,14-19,42H2,1-5H3,(H,43,45)(H,44,46)(H,47,52). The summed E-state index contributed by atoms with van der Waals surface area (Å²) in [6.45, 7) is 7.43. The number of aromatic nitrogens is 4. The first-order chi connectivity index (χ1) is 25.4. The third-order valence-corrected chi connectivity index (χ3v) is 12.1. The van der Waals surface area contributed by atoms with Crippen molar-refractivity contribution in [2.24, 2.45) is 23.5 Å². The van der Waals surface area contributed by atoms with E-state index in [1.54, 1.807) is 13.8 Å². The summed E-state index contributed by atoms with van der Waals surface area (Å²) in [5, 5.41) is 2.76. The van der Waals surface area contributed by atoms with Gasteiger partial charge in [-0.2, -0.15) is 0 Å². The predicted octanol–water partition coefficient (Wildman–Crippen LogP) is 6.36. The van der Waals surface area contributed by atoms with Crippen LogP contribution in [0, 0.1) is 17.8 Å². The number of piperidine rings is 2. The lowest BCUT2D eigenvalue weighted by Gasteiger charge is -2.38. The molecule has 2 saturated heterocycles. The number of amides is 3. The van der Waals surface area contributed by atoms with E-state index >= 15 is 0 Å². The smallest absolute Gasteiger partial charge is 0.407 e. The Labute approximate surface area is 310 Å². The van der Waals surface area contributed by atoms with Gasteiger partial charge in [0.25, 0.3) is 0 Å². The molecule has 4 aliphatic rings. The van der Waals surface area contributed by atoms with Crippen LogP contribution in [-0.4, -0.2) is 78.4 Å². The number of carbonyl (C=O) groups excluding carboxylic acids is 3. The average Bonchev–Trinajstić information content (AvgIpc) is 4.02. The molecule has 4 fully saturated rings. The number of ether oxygens (including phenoxy) is 1. The monoisotopic (exact) mass is 718 g/mol. The fourth-order valence-corrected chi connectivity index (χ4v) is 9.43. The lowest BCUT2D eigenvalue weighted by Crippen LogP contribution is -2.54. The Hall–Kier alpha value is -4.97. The predicted molar refractivity (Wildman–Crippen MR) is 201 cm³/mol. The second-order valence-electron chi connectivity index (χ2n) is 16.4. The van der Waals surface area contributed by atoms with E-state index in [0.717, 1.165) is 83.8 Å². The third kappa shape index (κ3) is 6.30. The Morgan fingerprint density at radius 2 is 1.23 bits per heavy atom. The zero-order valence-corrected chi connectivity index (χ0v) is 31.1. The number of rotatable bonds is 9. The van der Waals surface area contributed by atoms with Gasteiger partial charge >= 0.3 is 6.09 Å². The van der Waals surface area contributed by atoms with E-state index in [-0.39, 0.29) is 41.9 Å². The number of H-pyrrole nitrogens is 2. The fraction of sp³-hybridized carbons (Fsp3) is 0.488. The molecule has 2 aromatic carbocycles. The summed E-state index contributed by atoms with van der Waals surface area (Å²) in [5.74, 6) is 2.16. The van der Waals surface area contributed by atoms with Gasteiger partial charge in [0.2, 0.25) is 11.8 Å². The van der Waals surface area contributed by atoms with Crippen LogP contribution in [0.1, 0.15) is 90.0 Å². The van der Waals surface area contributed by atoms with E-state index in [9.17, 15) is 14.4 Å². The van der Waals surface area contributed by atoms with E-state index in [0.29, 0.717) is 11.8 Å². The number of nitrogens with one attached hydrogen (secondary N) is 3. The number of methoxy groups -OCH3 is 1. The molecule has 3 amide bonds. The summed E-state index contributed by atoms with van der Waals surface area (Å²) < 4.78 is 4.81. The van der Waals surface area contributed by atoms with Crippen LogP contribution in [0.15, 0.2) is 60.9 Å². The van der Waals surface area contributed by atoms with Crippen LogP contribution in [0.5, 0.6) is 0 Å². The minimum atomic E-state index is -0.920. The number of alkyl carbamates (subject to hydrolysis) is 1. The van der Waals surface area contributed by atoms with Crippen LogP contribution >= 0.6 is 0 Å². The molecule has 8 rings (SSSR count). The maximum absolute atomic E-state index is 13.9. The van der Waals surface area contributed by atoms with Crippen molar-refractivity contribution in [2.75, 3.05) is 7.11 Å². The molecule has 278 valence electrons. The first-order valence-electron chi connectivity index (χ1n) is 19.0. The maximum Gasteiger partial charge on any atom is 0.407 e. The van der Waals surface area contributed by atoms with Crippen LogP contribution in [0.3, 0.4) is 0 Å². The van der Waals surface area contributed by atoms with Crippen molar-refractivity contribution in [2.45, 2.75) is 102 Å². The summed E-state index contributed by atoms with van der Waals surface area (Å²) in [4.78, 5) is 59.9. The van der Waals surface area contributed by atoms with Crippen LogP contribution in [-0.2, 0) is 14.3 Å². The summed E-state index contributed by atoms with van der Waals surface area (Å²) in [5.41, 5.74) is 11.4. The highest BCUT2D eigenvalue weighted by atomic mass is 16.5. The van der Waals surface area contributed by atoms with Gasteiger partial charge < -0.3 is 35.6 Å². The van der Waals surface area contributed by atoms with E-state index in [1.165, 1.54) is 7.11 Å². The van der Waals surface area contributed by atoms with Gasteiger partial charge in [-0.25, -0.2) is 14.8 Å². The molecule has 2 saturated carbocycles. The molecular formula is C41H50N8O4. The lowest BCUT2D eigenvalue weighted by molar-refractivity contribution is -0.141. The minimum absolute atomic E-state index is 0.0126. The first-order valence-corrected chi connectivity index (χ1v) is 19.0. The van der Waals surface area contributed by atoms with E-state index < -0.39 is 17.7 Å². The SMILES string of the molecule is COC(=O)NC(C(=O)N1C2CCC(C2)C1c1ncc(-c2ccc(-c3ccc(-c4cnc(C5C6CCC(C6)N5C(=O)C(C)(C)N)[nH]4)cc3)cc2)[nH]1)C(C)C. The van der Waals surface area contributed by atoms with Gasteiger partial charge in [-0.3, -0.25) is 9.59 Å². The summed E-state index contributed by atoms with van der Waals surface area (Å²) in [6.07, 6.45) is 9.22. The molecular weight excluding hydrogens is 669 g/mol. The highest BCUT2D eigenvalue weighted by Crippen LogP contribution is 2.51. The molecule has 12 heteroatoms. The Morgan fingerprint density at radius 3 is 1.68 bits per heavy atom. The number of hydrogen-bond acceptors (Lipinski definition) is 7. The Kier molecular flexibility index (Phi) is 8.91. The quantitative estimate of drug-likeness (QED) is 0.157. The lowest BCUT2D eigenvalue weighted by atomic mass is 9.95. The number of imidazole rings is 2. The normalized spacial score (nSPS) is 25.3. The van der Waals surface area contributed by atoms with Crippen LogP contribution < -0.4 is 11.1 Å². The van der Waals surface area contributed by atoms with Gasteiger partial charge in [0, 0.05) is 12.1 Å². The van der Waals surface area contributed by atoms with E-state index in [1.807, 2.05) is 36.0 Å². The highest BCUT2D eigenvalue weighted by molar-refractivity contribution is 5.87. The molecule has 2 aromatic heterocycles. The molecule has 7 atom stereocenters. The molecule has 12 nitrogen and oxygen atoms in total. The van der Waals surface area contributed by atoms with Crippen molar-refractivity contribution < 1.29 is 19.1 Å². The molecule has 4 heterocycles. The number of nitrogens with zero attached hydrogens (tertiary/aromatic N) is 4. The van der Waals surface area contributed by atoms with Crippen molar-refractivity contribution >= 4 is 17.9 Å². The van der Waals surface area contributed by atoms with Gasteiger partial charge in [0.05, 0.1) is 48.5 Å². The van der Waals surface area contributed by atoms with Crippen molar-refractivity contribution in [1.82, 2.24) is 35.1 Å². The Balaban J connectivity index is 0.960. The maximum atomic E-state index is 13.9. The van der Waals surface area contributed by atoms with Gasteiger partial charge in [0.1, 0.15) is 17.7 Å². The second kappa shape index (κ2) is 13.5. The Bertz CT molecular complexity index is 1990. The third-order valence-electron chi connectivity index (χ3n) is 12.1. The molecule has 2 aliphatic heterocycles. The number of carbonyl (C=O) groups is 3. The number of fused-ring (bicyclic) bond motifs is 4. The molecule has 53 heavy (non-hydrogen) atoms.